The third-order valence-electron chi connectivity index (χ3n) is 4.69. The Balaban J connectivity index is 1.86. The van der Waals surface area contributed by atoms with Crippen LogP contribution < -0.4 is 4.90 Å². The Labute approximate surface area is 145 Å². The quantitative estimate of drug-likeness (QED) is 0.787. The van der Waals surface area contributed by atoms with Crippen LogP contribution in [0.1, 0.15) is 18.7 Å². The van der Waals surface area contributed by atoms with Crippen molar-refractivity contribution >= 4 is 27.4 Å². The van der Waals surface area contributed by atoms with Gasteiger partial charge in [-0.3, -0.25) is 0 Å². The number of thiophene rings is 1. The molecule has 1 saturated heterocycles. The molecule has 0 aliphatic carbocycles. The number of aliphatic hydroxyl groups is 1. The van der Waals surface area contributed by atoms with Crippen molar-refractivity contribution in [1.29, 1.82) is 0 Å². The fourth-order valence-corrected chi connectivity index (χ4v) is 4.48. The Bertz CT molecular complexity index is 846. The summed E-state index contributed by atoms with van der Waals surface area (Å²) in [5, 5.41) is 12.9. The second-order valence-corrected chi connectivity index (χ2v) is 7.28. The van der Waals surface area contributed by atoms with Gasteiger partial charge in [-0.05, 0) is 31.2 Å². The molecule has 0 bridgehead atoms. The summed E-state index contributed by atoms with van der Waals surface area (Å²) in [5.74, 6) is 2.17. The average Bonchev–Trinajstić information content (AvgIpc) is 3.05. The maximum Gasteiger partial charge on any atom is 0.141 e. The van der Waals surface area contributed by atoms with Crippen LogP contribution in [0.15, 0.2) is 35.7 Å². The zero-order valence-corrected chi connectivity index (χ0v) is 14.6. The molecule has 0 amide bonds. The number of hydrogen-bond acceptors (Lipinski definition) is 5. The molecule has 2 aromatic heterocycles. The van der Waals surface area contributed by atoms with E-state index in [0.29, 0.717) is 5.92 Å². The van der Waals surface area contributed by atoms with Crippen LogP contribution in [0.4, 0.5) is 5.82 Å². The minimum absolute atomic E-state index is 0.249. The van der Waals surface area contributed by atoms with Gasteiger partial charge in [0.25, 0.3) is 0 Å². The van der Waals surface area contributed by atoms with Crippen molar-refractivity contribution in [2.45, 2.75) is 19.8 Å². The molecular weight excluding hydrogens is 318 g/mol. The summed E-state index contributed by atoms with van der Waals surface area (Å²) in [6, 6.07) is 10.4. The van der Waals surface area contributed by atoms with Crippen LogP contribution in [-0.4, -0.2) is 34.8 Å². The van der Waals surface area contributed by atoms with Crippen molar-refractivity contribution in [3.8, 4) is 11.1 Å². The first-order valence-electron chi connectivity index (χ1n) is 8.43. The zero-order valence-electron chi connectivity index (χ0n) is 13.8. The highest BCUT2D eigenvalue weighted by atomic mass is 32.1. The summed E-state index contributed by atoms with van der Waals surface area (Å²) in [7, 11) is 0. The van der Waals surface area contributed by atoms with Gasteiger partial charge in [0.05, 0.1) is 5.39 Å². The fraction of sp³-hybridized carbons (Fsp3) is 0.368. The normalized spacial score (nSPS) is 18.2. The molecule has 0 unspecified atom stereocenters. The lowest BCUT2D eigenvalue weighted by atomic mass is 9.98. The summed E-state index contributed by atoms with van der Waals surface area (Å²) >= 11 is 1.68. The maximum absolute atomic E-state index is 9.56. The van der Waals surface area contributed by atoms with Gasteiger partial charge in [-0.25, -0.2) is 9.97 Å². The van der Waals surface area contributed by atoms with Gasteiger partial charge in [-0.2, -0.15) is 0 Å². The Morgan fingerprint density at radius 3 is 2.88 bits per heavy atom. The van der Waals surface area contributed by atoms with E-state index >= 15 is 0 Å². The summed E-state index contributed by atoms with van der Waals surface area (Å²) in [6.45, 7) is 4.06. The minimum Gasteiger partial charge on any atom is -0.396 e. The number of benzene rings is 1. The highest BCUT2D eigenvalue weighted by Gasteiger charge is 2.24. The van der Waals surface area contributed by atoms with E-state index in [1.54, 1.807) is 11.3 Å². The van der Waals surface area contributed by atoms with E-state index in [-0.39, 0.29) is 6.61 Å². The van der Waals surface area contributed by atoms with Crippen molar-refractivity contribution in [2.24, 2.45) is 5.92 Å². The minimum atomic E-state index is 0.249. The predicted molar refractivity (Wildman–Crippen MR) is 99.6 cm³/mol. The molecule has 1 atom stereocenters. The second kappa shape index (κ2) is 6.49. The summed E-state index contributed by atoms with van der Waals surface area (Å²) in [5.41, 5.74) is 2.41. The molecule has 3 heterocycles. The van der Waals surface area contributed by atoms with Gasteiger partial charge >= 0.3 is 0 Å². The van der Waals surface area contributed by atoms with Gasteiger partial charge in [-0.1, -0.05) is 30.3 Å². The number of hydrogen-bond donors (Lipinski definition) is 1. The van der Waals surface area contributed by atoms with Crippen LogP contribution in [0, 0.1) is 12.8 Å². The highest BCUT2D eigenvalue weighted by molar-refractivity contribution is 7.17. The predicted octanol–water partition coefficient (Wildman–Crippen LogP) is 3.88. The Kier molecular flexibility index (Phi) is 4.21. The first-order chi connectivity index (χ1) is 11.8. The Morgan fingerprint density at radius 2 is 2.08 bits per heavy atom. The standard InChI is InChI=1S/C19H21N3OS/c1-13-20-18(22-9-5-6-14(10-22)11-23)17-16(12-24-19(17)21-13)15-7-3-2-4-8-15/h2-4,7-8,12,14,23H,5-6,9-11H2,1H3/t14-/m1/s1. The van der Waals surface area contributed by atoms with Gasteiger partial charge in [0.1, 0.15) is 16.5 Å². The van der Waals surface area contributed by atoms with Crippen molar-refractivity contribution in [1.82, 2.24) is 9.97 Å². The number of fused-ring (bicyclic) bond motifs is 1. The fourth-order valence-electron chi connectivity index (χ4n) is 3.49. The first kappa shape index (κ1) is 15.5. The lowest BCUT2D eigenvalue weighted by Crippen LogP contribution is -2.37. The van der Waals surface area contributed by atoms with Crippen LogP contribution in [0.3, 0.4) is 0 Å². The number of nitrogens with zero attached hydrogens (tertiary/aromatic N) is 3. The molecule has 0 radical (unpaired) electrons. The number of anilines is 1. The maximum atomic E-state index is 9.56. The lowest BCUT2D eigenvalue weighted by molar-refractivity contribution is 0.208. The number of aromatic nitrogens is 2. The van der Waals surface area contributed by atoms with Gasteiger partial charge < -0.3 is 10.0 Å². The summed E-state index contributed by atoms with van der Waals surface area (Å²) in [4.78, 5) is 12.8. The molecular formula is C19H21N3OS. The highest BCUT2D eigenvalue weighted by Crippen LogP contribution is 2.39. The van der Waals surface area contributed by atoms with Gasteiger partial charge in [0.2, 0.25) is 0 Å². The van der Waals surface area contributed by atoms with Crippen LogP contribution >= 0.6 is 11.3 Å². The lowest BCUT2D eigenvalue weighted by Gasteiger charge is -2.33. The molecule has 5 heteroatoms. The smallest absolute Gasteiger partial charge is 0.141 e. The number of piperidine rings is 1. The van der Waals surface area contributed by atoms with Crippen molar-refractivity contribution in [2.75, 3.05) is 24.6 Å². The van der Waals surface area contributed by atoms with E-state index in [2.05, 4.69) is 39.5 Å². The third-order valence-corrected chi connectivity index (χ3v) is 5.56. The average molecular weight is 339 g/mol. The topological polar surface area (TPSA) is 49.2 Å². The molecule has 4 nitrogen and oxygen atoms in total. The number of aryl methyl sites for hydroxylation is 1. The van der Waals surface area contributed by atoms with E-state index in [4.69, 9.17) is 4.98 Å². The van der Waals surface area contributed by atoms with Gasteiger partial charge in [0.15, 0.2) is 0 Å². The molecule has 24 heavy (non-hydrogen) atoms. The van der Waals surface area contributed by atoms with E-state index < -0.39 is 0 Å². The SMILES string of the molecule is Cc1nc(N2CCC[C@@H](CO)C2)c2c(-c3ccccc3)csc2n1. The van der Waals surface area contributed by atoms with E-state index in [1.165, 1.54) is 11.1 Å². The molecule has 0 saturated carbocycles. The van der Waals surface area contributed by atoms with Crippen LogP contribution in [0.2, 0.25) is 0 Å². The van der Waals surface area contributed by atoms with E-state index in [1.807, 2.05) is 13.0 Å². The number of rotatable bonds is 3. The summed E-state index contributed by atoms with van der Waals surface area (Å²) in [6.07, 6.45) is 2.19. The molecule has 3 aromatic rings. The van der Waals surface area contributed by atoms with E-state index in [0.717, 1.165) is 47.8 Å². The number of aliphatic hydroxyl groups excluding tert-OH is 1. The van der Waals surface area contributed by atoms with Crippen molar-refractivity contribution in [3.63, 3.8) is 0 Å². The summed E-state index contributed by atoms with van der Waals surface area (Å²) < 4.78 is 0. The molecule has 1 N–H and O–H groups in total. The molecule has 1 fully saturated rings. The van der Waals surface area contributed by atoms with Crippen LogP contribution in [0.5, 0.6) is 0 Å². The van der Waals surface area contributed by atoms with Gasteiger partial charge in [-0.15, -0.1) is 11.3 Å². The Morgan fingerprint density at radius 1 is 1.25 bits per heavy atom. The molecule has 0 spiro atoms. The van der Waals surface area contributed by atoms with Gasteiger partial charge in [0, 0.05) is 30.6 Å². The van der Waals surface area contributed by atoms with Crippen molar-refractivity contribution < 1.29 is 5.11 Å². The molecule has 4 rings (SSSR count). The third kappa shape index (κ3) is 2.78. The van der Waals surface area contributed by atoms with Crippen molar-refractivity contribution in [3.05, 3.63) is 41.5 Å². The largest absolute Gasteiger partial charge is 0.396 e. The second-order valence-electron chi connectivity index (χ2n) is 6.43. The van der Waals surface area contributed by atoms with E-state index in [9.17, 15) is 5.11 Å². The first-order valence-corrected chi connectivity index (χ1v) is 9.31. The monoisotopic (exact) mass is 339 g/mol. The van der Waals surface area contributed by atoms with Crippen LogP contribution in [0.25, 0.3) is 21.3 Å². The zero-order chi connectivity index (χ0) is 16.5. The Hall–Kier alpha value is -1.98. The van der Waals surface area contributed by atoms with Crippen LogP contribution in [-0.2, 0) is 0 Å². The molecule has 1 aliphatic heterocycles. The molecule has 1 aromatic carbocycles. The molecule has 124 valence electrons. The molecule has 1 aliphatic rings.